The molecule has 0 radical (unpaired) electrons. The highest BCUT2D eigenvalue weighted by atomic mass is 14.9. The summed E-state index contributed by atoms with van der Waals surface area (Å²) >= 11 is 0. The van der Waals surface area contributed by atoms with Gasteiger partial charge in [0.2, 0.25) is 0 Å². The minimum atomic E-state index is 0.402. The molecule has 0 fully saturated rings. The molecule has 102 valence electrons. The van der Waals surface area contributed by atoms with Crippen molar-refractivity contribution >= 4 is 0 Å². The van der Waals surface area contributed by atoms with Gasteiger partial charge in [-0.15, -0.1) is 0 Å². The van der Waals surface area contributed by atoms with E-state index in [0.717, 1.165) is 25.1 Å². The van der Waals surface area contributed by atoms with Crippen LogP contribution in [-0.4, -0.2) is 6.54 Å². The molecule has 1 unspecified atom stereocenters. The minimum absolute atomic E-state index is 0.402. The van der Waals surface area contributed by atoms with Crippen molar-refractivity contribution in [2.45, 2.75) is 19.9 Å². The summed E-state index contributed by atoms with van der Waals surface area (Å²) in [5, 5.41) is 3.49. The Labute approximate surface area is 122 Å². The third-order valence-corrected chi connectivity index (χ3v) is 3.25. The van der Waals surface area contributed by atoms with Gasteiger partial charge < -0.3 is 5.32 Å². The molecule has 0 bridgehead atoms. The number of rotatable bonds is 5. The summed E-state index contributed by atoms with van der Waals surface area (Å²) in [6, 6.07) is 20.7. The van der Waals surface area contributed by atoms with Crippen molar-refractivity contribution in [2.24, 2.45) is 5.92 Å². The first kappa shape index (κ1) is 14.4. The molecule has 0 spiro atoms. The Morgan fingerprint density at radius 1 is 0.950 bits per heavy atom. The molecule has 1 nitrogen and oxygen atoms in total. The summed E-state index contributed by atoms with van der Waals surface area (Å²) in [4.78, 5) is 0. The van der Waals surface area contributed by atoms with Gasteiger partial charge in [0.1, 0.15) is 0 Å². The Morgan fingerprint density at radius 2 is 1.60 bits per heavy atom. The number of benzene rings is 2. The van der Waals surface area contributed by atoms with Crippen LogP contribution in [0, 0.1) is 17.8 Å². The van der Waals surface area contributed by atoms with Gasteiger partial charge in [-0.3, -0.25) is 0 Å². The maximum Gasteiger partial charge on any atom is 0.0328 e. The van der Waals surface area contributed by atoms with E-state index in [9.17, 15) is 0 Å². The molecule has 0 aliphatic carbocycles. The van der Waals surface area contributed by atoms with E-state index >= 15 is 0 Å². The van der Waals surface area contributed by atoms with Gasteiger partial charge in [-0.2, -0.15) is 0 Å². The van der Waals surface area contributed by atoms with Crippen molar-refractivity contribution in [2.75, 3.05) is 6.54 Å². The van der Waals surface area contributed by atoms with Crippen LogP contribution in [-0.2, 0) is 6.54 Å². The number of hydrogen-bond donors (Lipinski definition) is 1. The first-order valence-corrected chi connectivity index (χ1v) is 7.19. The van der Waals surface area contributed by atoms with Crippen LogP contribution >= 0.6 is 0 Å². The second-order valence-electron chi connectivity index (χ2n) is 4.86. The summed E-state index contributed by atoms with van der Waals surface area (Å²) in [7, 11) is 0. The lowest BCUT2D eigenvalue weighted by molar-refractivity contribution is 0.557. The van der Waals surface area contributed by atoms with Gasteiger partial charge in [-0.25, -0.2) is 0 Å². The van der Waals surface area contributed by atoms with E-state index in [2.05, 4.69) is 60.5 Å². The topological polar surface area (TPSA) is 12.0 Å². The molecule has 0 heterocycles. The van der Waals surface area contributed by atoms with Crippen molar-refractivity contribution in [3.63, 3.8) is 0 Å². The van der Waals surface area contributed by atoms with Gasteiger partial charge in [0.05, 0.1) is 0 Å². The van der Waals surface area contributed by atoms with E-state index in [1.54, 1.807) is 0 Å². The fourth-order valence-corrected chi connectivity index (χ4v) is 1.99. The molecule has 1 atom stereocenters. The van der Waals surface area contributed by atoms with E-state index in [1.807, 2.05) is 24.3 Å². The third kappa shape index (κ3) is 4.91. The van der Waals surface area contributed by atoms with Gasteiger partial charge in [0.15, 0.2) is 0 Å². The fourth-order valence-electron chi connectivity index (χ4n) is 1.99. The maximum absolute atomic E-state index is 3.49. The lowest BCUT2D eigenvalue weighted by atomic mass is 10.1. The minimum Gasteiger partial charge on any atom is -0.311 e. The van der Waals surface area contributed by atoms with Crippen LogP contribution in [0.15, 0.2) is 60.7 Å². The van der Waals surface area contributed by atoms with Gasteiger partial charge in [0.25, 0.3) is 0 Å². The number of hydrogen-bond acceptors (Lipinski definition) is 1. The Hall–Kier alpha value is -2.04. The van der Waals surface area contributed by atoms with E-state index in [1.165, 1.54) is 5.56 Å². The van der Waals surface area contributed by atoms with Gasteiger partial charge >= 0.3 is 0 Å². The van der Waals surface area contributed by atoms with Crippen LogP contribution in [0.3, 0.4) is 0 Å². The van der Waals surface area contributed by atoms with Crippen LogP contribution in [0.4, 0.5) is 0 Å². The SMILES string of the molecule is CCC(C#Cc1ccccc1)CNCc1ccccc1. The molecule has 0 aromatic heterocycles. The Balaban J connectivity index is 1.83. The summed E-state index contributed by atoms with van der Waals surface area (Å²) in [6.07, 6.45) is 1.07. The molecule has 0 amide bonds. The zero-order valence-electron chi connectivity index (χ0n) is 12.0. The fraction of sp³-hybridized carbons (Fsp3) is 0.263. The first-order valence-electron chi connectivity index (χ1n) is 7.19. The second-order valence-corrected chi connectivity index (χ2v) is 4.86. The van der Waals surface area contributed by atoms with Crippen LogP contribution in [0.2, 0.25) is 0 Å². The molecule has 0 saturated heterocycles. The largest absolute Gasteiger partial charge is 0.311 e. The zero-order chi connectivity index (χ0) is 14.0. The molecule has 2 aromatic rings. The van der Waals surface area contributed by atoms with Crippen LogP contribution in [0.5, 0.6) is 0 Å². The summed E-state index contributed by atoms with van der Waals surface area (Å²) < 4.78 is 0. The highest BCUT2D eigenvalue weighted by Gasteiger charge is 2.01. The summed E-state index contributed by atoms with van der Waals surface area (Å²) in [5.74, 6) is 7.02. The Kier molecular flexibility index (Phi) is 5.89. The lowest BCUT2D eigenvalue weighted by Gasteiger charge is -2.09. The summed E-state index contributed by atoms with van der Waals surface area (Å²) in [5.41, 5.74) is 2.41. The zero-order valence-corrected chi connectivity index (χ0v) is 12.0. The average Bonchev–Trinajstić information content (AvgIpc) is 2.52. The monoisotopic (exact) mass is 263 g/mol. The van der Waals surface area contributed by atoms with E-state index in [-0.39, 0.29) is 0 Å². The molecule has 0 aliphatic rings. The van der Waals surface area contributed by atoms with Gasteiger partial charge in [-0.1, -0.05) is 67.3 Å². The highest BCUT2D eigenvalue weighted by molar-refractivity contribution is 5.34. The van der Waals surface area contributed by atoms with Crippen molar-refractivity contribution in [3.05, 3.63) is 71.8 Å². The Bertz CT molecular complexity index is 549. The van der Waals surface area contributed by atoms with Crippen molar-refractivity contribution in [3.8, 4) is 11.8 Å². The Morgan fingerprint density at radius 3 is 2.25 bits per heavy atom. The van der Waals surface area contributed by atoms with E-state index < -0.39 is 0 Å². The van der Waals surface area contributed by atoms with Crippen molar-refractivity contribution in [1.29, 1.82) is 0 Å². The predicted molar refractivity (Wildman–Crippen MR) is 85.2 cm³/mol. The molecule has 20 heavy (non-hydrogen) atoms. The molecule has 0 saturated carbocycles. The lowest BCUT2D eigenvalue weighted by Crippen LogP contribution is -2.21. The molecule has 2 rings (SSSR count). The third-order valence-electron chi connectivity index (χ3n) is 3.25. The smallest absolute Gasteiger partial charge is 0.0328 e. The molecule has 1 N–H and O–H groups in total. The molecule has 2 aromatic carbocycles. The second kappa shape index (κ2) is 8.19. The molecule has 1 heteroatoms. The van der Waals surface area contributed by atoms with Crippen LogP contribution < -0.4 is 5.32 Å². The van der Waals surface area contributed by atoms with E-state index in [0.29, 0.717) is 5.92 Å². The van der Waals surface area contributed by atoms with Crippen molar-refractivity contribution in [1.82, 2.24) is 5.32 Å². The first-order chi connectivity index (χ1) is 9.88. The molecular weight excluding hydrogens is 242 g/mol. The normalized spacial score (nSPS) is 11.4. The molecular formula is C19H21N. The van der Waals surface area contributed by atoms with Crippen LogP contribution in [0.1, 0.15) is 24.5 Å². The molecule has 0 aliphatic heterocycles. The number of nitrogens with one attached hydrogen (secondary N) is 1. The standard InChI is InChI=1S/C19H21N/c1-2-17(13-14-18-9-5-3-6-10-18)15-20-16-19-11-7-4-8-12-19/h3-12,17,20H,2,15-16H2,1H3. The quantitative estimate of drug-likeness (QED) is 0.808. The highest BCUT2D eigenvalue weighted by Crippen LogP contribution is 2.03. The van der Waals surface area contributed by atoms with Crippen LogP contribution in [0.25, 0.3) is 0 Å². The van der Waals surface area contributed by atoms with Gasteiger partial charge in [0, 0.05) is 24.6 Å². The predicted octanol–water partition coefficient (Wildman–Crippen LogP) is 3.85. The van der Waals surface area contributed by atoms with Crippen molar-refractivity contribution < 1.29 is 0 Å². The summed E-state index contributed by atoms with van der Waals surface area (Å²) in [6.45, 7) is 4.03. The maximum atomic E-state index is 3.49. The average molecular weight is 263 g/mol. The van der Waals surface area contributed by atoms with E-state index in [4.69, 9.17) is 0 Å². The van der Waals surface area contributed by atoms with Gasteiger partial charge in [-0.05, 0) is 24.1 Å².